The predicted octanol–water partition coefficient (Wildman–Crippen LogP) is 5.80. The molecule has 0 unspecified atom stereocenters. The zero-order chi connectivity index (χ0) is 28.3. The standard InChI is InChI=1S/2C10H9N3.2CH4O.Cu.F6Si/c2*1-3-7-11-9(5-1)13-10-6-2-4-8-12-10;2*1-2;;1-7(2,3,4,5)6/h2*1-8H,(H,11,12,13);2*2H,1H3;;/q;;;;+2;-2. The summed E-state index contributed by atoms with van der Waals surface area (Å²) in [6, 6.07) is 22.8. The molecule has 4 rings (SSSR count). The predicted molar refractivity (Wildman–Crippen MR) is 132 cm³/mol. The molecule has 0 saturated carbocycles. The van der Waals surface area contributed by atoms with Crippen LogP contribution < -0.4 is 10.6 Å². The number of pyridine rings is 4. The van der Waals surface area contributed by atoms with Gasteiger partial charge in [-0.3, -0.25) is 0 Å². The van der Waals surface area contributed by atoms with Crippen LogP contribution in [-0.4, -0.2) is 53.0 Å². The molecule has 0 amide bonds. The van der Waals surface area contributed by atoms with Gasteiger partial charge in [0.25, 0.3) is 0 Å². The van der Waals surface area contributed by atoms with Gasteiger partial charge in [0.15, 0.2) is 0 Å². The fourth-order valence-electron chi connectivity index (χ4n) is 2.01. The van der Waals surface area contributed by atoms with Crippen molar-refractivity contribution in [1.29, 1.82) is 0 Å². The molecule has 0 fully saturated rings. The molecule has 0 aromatic carbocycles. The van der Waals surface area contributed by atoms with Crippen LogP contribution in [-0.2, 0) is 17.1 Å². The summed E-state index contributed by atoms with van der Waals surface area (Å²) >= 11 is 0. The number of anilines is 4. The Labute approximate surface area is 226 Å². The van der Waals surface area contributed by atoms with E-state index in [4.69, 9.17) is 10.2 Å². The van der Waals surface area contributed by atoms with Crippen LogP contribution in [0.3, 0.4) is 0 Å². The third-order valence-electron chi connectivity index (χ3n) is 3.17. The average molecular weight is 612 g/mol. The largest absolute Gasteiger partial charge is 2.00 e. The number of halogens is 6. The molecule has 38 heavy (non-hydrogen) atoms. The normalized spacial score (nSPS) is 11.1. The maximum atomic E-state index is 9.88. The van der Waals surface area contributed by atoms with Gasteiger partial charge in [-0.15, -0.1) is 0 Å². The second-order valence-electron chi connectivity index (χ2n) is 6.18. The summed E-state index contributed by atoms with van der Waals surface area (Å²) in [5, 5.41) is 20.2. The second kappa shape index (κ2) is 17.0. The number of aliphatic hydroxyl groups excluding tert-OH is 2. The Hall–Kier alpha value is -3.56. The Balaban J connectivity index is 0. The molecule has 8 nitrogen and oxygen atoms in total. The van der Waals surface area contributed by atoms with Gasteiger partial charge in [0.1, 0.15) is 23.3 Å². The van der Waals surface area contributed by atoms with E-state index >= 15 is 0 Å². The van der Waals surface area contributed by atoms with E-state index in [0.29, 0.717) is 0 Å². The molecule has 0 aliphatic rings. The summed E-state index contributed by atoms with van der Waals surface area (Å²) in [5.74, 6) is 3.23. The molecular formula is C22H26CuF6N6O2Si. The molecule has 0 bridgehead atoms. The SMILES string of the molecule is CO.CO.F[Si-2](F)(F)(F)(F)F.[Cu+2].c1ccc(Nc2ccccn2)nc1.c1ccc(Nc2ccccn2)nc1. The van der Waals surface area contributed by atoms with Gasteiger partial charge < -0.3 is 20.8 Å². The summed E-state index contributed by atoms with van der Waals surface area (Å²) in [4.78, 5) is 16.5. The van der Waals surface area contributed by atoms with Gasteiger partial charge in [-0.1, -0.05) is 24.3 Å². The first kappa shape index (κ1) is 36.6. The first-order valence-electron chi connectivity index (χ1n) is 10.1. The van der Waals surface area contributed by atoms with Gasteiger partial charge in [0.05, 0.1) is 0 Å². The van der Waals surface area contributed by atoms with Crippen LogP contribution in [0.4, 0.5) is 47.9 Å². The van der Waals surface area contributed by atoms with Crippen molar-refractivity contribution < 1.29 is 51.9 Å². The molecule has 16 heteroatoms. The number of aliphatic hydroxyl groups is 2. The zero-order valence-corrected chi connectivity index (χ0v) is 21.9. The van der Waals surface area contributed by atoms with Crippen molar-refractivity contribution in [2.24, 2.45) is 0 Å². The van der Waals surface area contributed by atoms with E-state index in [1.54, 1.807) is 24.8 Å². The number of hydrogen-bond donors (Lipinski definition) is 4. The topological polar surface area (TPSA) is 116 Å². The van der Waals surface area contributed by atoms with Crippen LogP contribution in [0.2, 0.25) is 0 Å². The number of nitrogens with zero attached hydrogens (tertiary/aromatic N) is 4. The fourth-order valence-corrected chi connectivity index (χ4v) is 2.01. The first-order chi connectivity index (χ1) is 17.3. The summed E-state index contributed by atoms with van der Waals surface area (Å²) in [5.41, 5.74) is 0. The Bertz CT molecular complexity index is 944. The molecule has 213 valence electrons. The molecule has 1 radical (unpaired) electrons. The monoisotopic (exact) mass is 611 g/mol. The van der Waals surface area contributed by atoms with Crippen LogP contribution in [0.1, 0.15) is 0 Å². The van der Waals surface area contributed by atoms with Gasteiger partial charge in [0, 0.05) is 39.0 Å². The number of aromatic nitrogens is 4. The van der Waals surface area contributed by atoms with Crippen LogP contribution in [0, 0.1) is 0 Å². The summed E-state index contributed by atoms with van der Waals surface area (Å²) < 4.78 is 59.3. The molecule has 4 heterocycles. The Morgan fingerprint density at radius 2 is 0.658 bits per heavy atom. The number of hydrogen-bond acceptors (Lipinski definition) is 8. The van der Waals surface area contributed by atoms with Gasteiger partial charge in [-0.25, -0.2) is 19.9 Å². The third kappa shape index (κ3) is 24.1. The van der Waals surface area contributed by atoms with Crippen molar-refractivity contribution in [3.63, 3.8) is 0 Å². The van der Waals surface area contributed by atoms with E-state index in [2.05, 4.69) is 30.6 Å². The maximum absolute atomic E-state index is 10.8. The smallest absolute Gasteiger partial charge is 0.325 e. The van der Waals surface area contributed by atoms with Crippen molar-refractivity contribution in [3.8, 4) is 0 Å². The molecule has 0 saturated heterocycles. The van der Waals surface area contributed by atoms with Gasteiger partial charge in [-0.2, -0.15) is 0 Å². The third-order valence-corrected chi connectivity index (χ3v) is 3.17. The van der Waals surface area contributed by atoms with E-state index in [9.17, 15) is 24.6 Å². The van der Waals surface area contributed by atoms with E-state index < -0.39 is 8.63 Å². The zero-order valence-electron chi connectivity index (χ0n) is 20.0. The Morgan fingerprint density at radius 3 is 0.789 bits per heavy atom. The van der Waals surface area contributed by atoms with Crippen molar-refractivity contribution in [1.82, 2.24) is 19.9 Å². The van der Waals surface area contributed by atoms with Crippen molar-refractivity contribution in [2.75, 3.05) is 24.9 Å². The Kier molecular flexibility index (Phi) is 16.4. The van der Waals surface area contributed by atoms with Gasteiger partial charge in [0.2, 0.25) is 0 Å². The summed E-state index contributed by atoms with van der Waals surface area (Å²) in [6.45, 7) is 0. The molecule has 0 aliphatic carbocycles. The summed E-state index contributed by atoms with van der Waals surface area (Å²) in [7, 11) is -8.84. The van der Waals surface area contributed by atoms with Crippen LogP contribution >= 0.6 is 0 Å². The fraction of sp³-hybridized carbons (Fsp3) is 0.0909. The van der Waals surface area contributed by atoms with Gasteiger partial charge >= 0.3 is 50.3 Å². The molecule has 0 spiro atoms. The molecule has 4 aromatic heterocycles. The second-order valence-corrected chi connectivity index (χ2v) is 8.32. The molecule has 0 atom stereocenters. The van der Waals surface area contributed by atoms with Crippen molar-refractivity contribution in [2.45, 2.75) is 0 Å². The quantitative estimate of drug-likeness (QED) is 0.130. The Morgan fingerprint density at radius 1 is 0.474 bits per heavy atom. The molecular weight excluding hydrogens is 586 g/mol. The van der Waals surface area contributed by atoms with E-state index in [1.807, 2.05) is 72.8 Å². The maximum Gasteiger partial charge on any atom is 2.00 e. The minimum absolute atomic E-state index is 0. The number of nitrogens with one attached hydrogen (secondary N) is 2. The van der Waals surface area contributed by atoms with Crippen molar-refractivity contribution >= 4 is 31.9 Å². The molecule has 4 N–H and O–H groups in total. The first-order valence-corrected chi connectivity index (χ1v) is 12.4. The van der Waals surface area contributed by atoms with E-state index in [1.165, 1.54) is 0 Å². The van der Waals surface area contributed by atoms with Crippen LogP contribution in [0.15, 0.2) is 97.6 Å². The van der Waals surface area contributed by atoms with E-state index in [-0.39, 0.29) is 17.1 Å². The average Bonchev–Trinajstić information content (AvgIpc) is 2.88. The van der Waals surface area contributed by atoms with Crippen LogP contribution in [0.5, 0.6) is 0 Å². The van der Waals surface area contributed by atoms with Crippen molar-refractivity contribution in [3.05, 3.63) is 97.6 Å². The molecule has 0 aliphatic heterocycles. The van der Waals surface area contributed by atoms with E-state index in [0.717, 1.165) is 37.5 Å². The summed E-state index contributed by atoms with van der Waals surface area (Å²) in [6.07, 6.45) is 6.97. The number of rotatable bonds is 4. The van der Waals surface area contributed by atoms with Gasteiger partial charge in [-0.05, 0) is 48.5 Å². The minimum Gasteiger partial charge on any atom is -0.325 e. The minimum atomic E-state index is -10.8. The molecule has 4 aromatic rings. The van der Waals surface area contributed by atoms with Crippen LogP contribution in [0.25, 0.3) is 0 Å².